The van der Waals surface area contributed by atoms with E-state index in [9.17, 15) is 0 Å². The molecule has 2 heterocycles. The Labute approximate surface area is 272 Å². The summed E-state index contributed by atoms with van der Waals surface area (Å²) in [5, 5.41) is 2.69. The fourth-order valence-corrected chi connectivity index (χ4v) is 12.4. The molecule has 6 nitrogen and oxygen atoms in total. The molecule has 46 heavy (non-hydrogen) atoms. The molecule has 10 aliphatic rings. The molecule has 8 saturated carbocycles. The SMILES string of the molecule is C1=C(COCCOc2ccc(C34CC5CC(CC(C5)C3)C4)c3c(OCCOCC4=CO4)ccc(C45CC6CC(CC(C6)C4)C5)c23)O1. The molecule has 8 aliphatic carbocycles. The van der Waals surface area contributed by atoms with E-state index in [1.54, 1.807) is 23.7 Å². The third-order valence-electron chi connectivity index (χ3n) is 13.3. The third-order valence-corrected chi connectivity index (χ3v) is 13.3. The van der Waals surface area contributed by atoms with E-state index in [1.807, 2.05) is 0 Å². The average molecular weight is 625 g/mol. The summed E-state index contributed by atoms with van der Waals surface area (Å²) in [4.78, 5) is 0. The van der Waals surface area contributed by atoms with Crippen LogP contribution >= 0.6 is 0 Å². The van der Waals surface area contributed by atoms with E-state index in [0.29, 0.717) is 39.6 Å². The van der Waals surface area contributed by atoms with Crippen LogP contribution in [-0.2, 0) is 29.8 Å². The van der Waals surface area contributed by atoms with Crippen LogP contribution in [0.2, 0.25) is 0 Å². The molecule has 0 radical (unpaired) electrons. The number of hydrogen-bond donors (Lipinski definition) is 0. The van der Waals surface area contributed by atoms with Gasteiger partial charge in [0.2, 0.25) is 0 Å². The van der Waals surface area contributed by atoms with Gasteiger partial charge in [0.1, 0.15) is 50.5 Å². The lowest BCUT2D eigenvalue weighted by atomic mass is 9.47. The number of fused-ring (bicyclic) bond motifs is 1. The van der Waals surface area contributed by atoms with Crippen molar-refractivity contribution in [2.24, 2.45) is 35.5 Å². The first kappa shape index (κ1) is 28.3. The van der Waals surface area contributed by atoms with Crippen LogP contribution in [0.4, 0.5) is 0 Å². The standard InChI is InChI=1S/C40H48O6/c1-3-35(43-7-5-41-21-31-23-45-31)38-34(40-18-28-12-29(19-40)14-30(13-28)20-40)2-4-36(44-8-6-42-22-32-24-46-32)37(38)33(1)39-15-25-9-26(16-39)11-27(10-25)17-39/h1-4,23-30H,5-22H2. The highest BCUT2D eigenvalue weighted by Crippen LogP contribution is 2.65. The van der Waals surface area contributed by atoms with Crippen LogP contribution in [0.1, 0.15) is 88.2 Å². The second-order valence-corrected chi connectivity index (χ2v) is 16.6. The van der Waals surface area contributed by atoms with Gasteiger partial charge in [0.05, 0.1) is 13.2 Å². The molecule has 0 saturated heterocycles. The molecule has 12 rings (SSSR count). The predicted octanol–water partition coefficient (Wildman–Crippen LogP) is 8.31. The van der Waals surface area contributed by atoms with Crippen molar-refractivity contribution in [3.05, 3.63) is 59.4 Å². The lowest BCUT2D eigenvalue weighted by molar-refractivity contribution is -0.00535. The van der Waals surface area contributed by atoms with Gasteiger partial charge in [-0.1, -0.05) is 12.1 Å². The van der Waals surface area contributed by atoms with Crippen molar-refractivity contribution in [3.63, 3.8) is 0 Å². The molecule has 0 unspecified atom stereocenters. The molecule has 244 valence electrons. The fourth-order valence-electron chi connectivity index (χ4n) is 12.4. The lowest BCUT2D eigenvalue weighted by Gasteiger charge is -2.58. The van der Waals surface area contributed by atoms with Gasteiger partial charge < -0.3 is 28.4 Å². The van der Waals surface area contributed by atoms with Crippen LogP contribution in [0.15, 0.2) is 48.3 Å². The second kappa shape index (κ2) is 10.9. The summed E-state index contributed by atoms with van der Waals surface area (Å²) >= 11 is 0. The maximum Gasteiger partial charge on any atom is 0.164 e. The number of benzene rings is 2. The van der Waals surface area contributed by atoms with E-state index in [2.05, 4.69) is 24.3 Å². The van der Waals surface area contributed by atoms with Crippen molar-refractivity contribution < 1.29 is 28.4 Å². The highest BCUT2D eigenvalue weighted by atomic mass is 16.6. The normalized spacial score (nSPS) is 37.1. The van der Waals surface area contributed by atoms with Crippen LogP contribution < -0.4 is 9.47 Å². The van der Waals surface area contributed by atoms with Crippen molar-refractivity contribution >= 4 is 10.8 Å². The first-order chi connectivity index (χ1) is 22.6. The number of hydrogen-bond acceptors (Lipinski definition) is 6. The van der Waals surface area contributed by atoms with Crippen molar-refractivity contribution in [1.82, 2.24) is 0 Å². The van der Waals surface area contributed by atoms with Crippen LogP contribution in [0.3, 0.4) is 0 Å². The molecule has 0 atom stereocenters. The molecule has 0 N–H and O–H groups in total. The third kappa shape index (κ3) is 5.05. The Morgan fingerprint density at radius 1 is 0.500 bits per heavy atom. The molecular weight excluding hydrogens is 576 g/mol. The largest absolute Gasteiger partial charge is 0.491 e. The van der Waals surface area contributed by atoms with Gasteiger partial charge in [0, 0.05) is 10.8 Å². The van der Waals surface area contributed by atoms with Crippen LogP contribution in [0, 0.1) is 35.5 Å². The zero-order valence-electron chi connectivity index (χ0n) is 27.1. The molecule has 0 amide bonds. The van der Waals surface area contributed by atoms with Gasteiger partial charge in [-0.05, 0) is 147 Å². The van der Waals surface area contributed by atoms with Gasteiger partial charge >= 0.3 is 0 Å². The first-order valence-corrected chi connectivity index (χ1v) is 18.3. The Morgan fingerprint density at radius 3 is 1.17 bits per heavy atom. The molecule has 2 aromatic rings. The van der Waals surface area contributed by atoms with Gasteiger partial charge in [-0.2, -0.15) is 0 Å². The predicted molar refractivity (Wildman–Crippen MR) is 175 cm³/mol. The minimum Gasteiger partial charge on any atom is -0.491 e. The van der Waals surface area contributed by atoms with Crippen molar-refractivity contribution in [1.29, 1.82) is 0 Å². The minimum atomic E-state index is 0.247. The zero-order valence-corrected chi connectivity index (χ0v) is 27.1. The maximum atomic E-state index is 6.75. The van der Waals surface area contributed by atoms with E-state index in [0.717, 1.165) is 58.5 Å². The summed E-state index contributed by atoms with van der Waals surface area (Å²) in [5.74, 6) is 9.13. The van der Waals surface area contributed by atoms with Gasteiger partial charge in [-0.25, -0.2) is 0 Å². The summed E-state index contributed by atoms with van der Waals surface area (Å²) in [6.45, 7) is 3.18. The zero-order chi connectivity index (χ0) is 30.3. The van der Waals surface area contributed by atoms with E-state index in [-0.39, 0.29) is 10.8 Å². The molecule has 6 heteroatoms. The quantitative estimate of drug-likeness (QED) is 0.197. The molecule has 8 fully saturated rings. The lowest BCUT2D eigenvalue weighted by Crippen LogP contribution is -2.49. The summed E-state index contributed by atoms with van der Waals surface area (Å²) < 4.78 is 35.5. The Hall–Kier alpha value is -2.70. The fraction of sp³-hybridized carbons (Fsp3) is 0.650. The van der Waals surface area contributed by atoms with Gasteiger partial charge in [-0.15, -0.1) is 0 Å². The molecule has 8 bridgehead atoms. The van der Waals surface area contributed by atoms with Gasteiger partial charge in [0.15, 0.2) is 11.5 Å². The first-order valence-electron chi connectivity index (χ1n) is 18.3. The average Bonchev–Trinajstić information content (AvgIpc) is 3.96. The molecule has 0 aromatic heterocycles. The van der Waals surface area contributed by atoms with E-state index < -0.39 is 0 Å². The van der Waals surface area contributed by atoms with Gasteiger partial charge in [-0.3, -0.25) is 0 Å². The van der Waals surface area contributed by atoms with E-state index in [1.165, 1.54) is 87.8 Å². The van der Waals surface area contributed by atoms with Crippen LogP contribution in [0.5, 0.6) is 11.5 Å². The summed E-state index contributed by atoms with van der Waals surface area (Å²) in [7, 11) is 0. The summed E-state index contributed by atoms with van der Waals surface area (Å²) in [6, 6.07) is 9.59. The van der Waals surface area contributed by atoms with Crippen molar-refractivity contribution in [2.45, 2.75) is 87.9 Å². The molecular formula is C40H48O6. The Bertz CT molecular complexity index is 1400. The highest BCUT2D eigenvalue weighted by molar-refractivity contribution is 6.00. The molecule has 0 spiro atoms. The Morgan fingerprint density at radius 2 is 0.848 bits per heavy atom. The van der Waals surface area contributed by atoms with Gasteiger partial charge in [0.25, 0.3) is 0 Å². The highest BCUT2D eigenvalue weighted by Gasteiger charge is 2.54. The van der Waals surface area contributed by atoms with Crippen LogP contribution in [0.25, 0.3) is 10.8 Å². The summed E-state index contributed by atoms with van der Waals surface area (Å²) in [6.07, 6.45) is 20.2. The topological polar surface area (TPSA) is 62.0 Å². The second-order valence-electron chi connectivity index (χ2n) is 16.6. The Kier molecular flexibility index (Phi) is 6.72. The number of rotatable bonds is 14. The smallest absolute Gasteiger partial charge is 0.164 e. The van der Waals surface area contributed by atoms with Crippen molar-refractivity contribution in [3.8, 4) is 11.5 Å². The van der Waals surface area contributed by atoms with E-state index in [4.69, 9.17) is 28.4 Å². The molecule has 2 aromatic carbocycles. The summed E-state index contributed by atoms with van der Waals surface area (Å²) in [5.41, 5.74) is 3.58. The van der Waals surface area contributed by atoms with Crippen molar-refractivity contribution in [2.75, 3.05) is 39.6 Å². The van der Waals surface area contributed by atoms with Crippen LogP contribution in [-0.4, -0.2) is 39.6 Å². The number of ether oxygens (including phenoxy) is 6. The van der Waals surface area contributed by atoms with E-state index >= 15 is 0 Å². The molecule has 2 aliphatic heterocycles. The maximum absolute atomic E-state index is 6.75. The Balaban J connectivity index is 1.08. The monoisotopic (exact) mass is 624 g/mol. The minimum absolute atomic E-state index is 0.247.